The number of ketones is 1. The number of allylic oxidation sites excluding steroid dienone is 7. The van der Waals surface area contributed by atoms with Crippen LogP contribution in [0.2, 0.25) is 0 Å². The van der Waals surface area contributed by atoms with Crippen LogP contribution in [-0.4, -0.2) is 12.4 Å². The average molecular weight is 377 g/mol. The minimum Gasteiger partial charge on any atom is -0.492 e. The van der Waals surface area contributed by atoms with Crippen molar-refractivity contribution in [3.63, 3.8) is 0 Å². The van der Waals surface area contributed by atoms with Crippen LogP contribution in [0.1, 0.15) is 51.4 Å². The molecule has 0 aromatic carbocycles. The van der Waals surface area contributed by atoms with Gasteiger partial charge >= 0.3 is 0 Å². The maximum atomic E-state index is 12.7. The van der Waals surface area contributed by atoms with E-state index in [0.717, 1.165) is 31.3 Å². The molecule has 0 bridgehead atoms. The second-order valence-electron chi connectivity index (χ2n) is 8.11. The third kappa shape index (κ3) is 3.91. The second-order valence-corrected chi connectivity index (χ2v) is 8.11. The van der Waals surface area contributed by atoms with E-state index in [1.807, 2.05) is 12.2 Å². The number of nitrogens with two attached hydrogens (primary N) is 1. The van der Waals surface area contributed by atoms with E-state index in [1.165, 1.54) is 25.7 Å². The Labute approximate surface area is 166 Å². The van der Waals surface area contributed by atoms with Gasteiger partial charge in [0, 0.05) is 0 Å². The average Bonchev–Trinajstić information content (AvgIpc) is 3.52. The molecule has 5 nitrogen and oxygen atoms in total. The summed E-state index contributed by atoms with van der Waals surface area (Å²) in [5, 5.41) is 12.8. The molecule has 2 saturated carbocycles. The SMILES string of the molecule is N#CC1=C(N)N/C(=C2/C(=O)C=CC=C2OCC2CC2)C=C1C1CCCCCC1. The van der Waals surface area contributed by atoms with E-state index >= 15 is 0 Å². The molecule has 146 valence electrons. The first-order valence-corrected chi connectivity index (χ1v) is 10.4. The monoisotopic (exact) mass is 377 g/mol. The maximum absolute atomic E-state index is 12.7. The summed E-state index contributed by atoms with van der Waals surface area (Å²) in [6.45, 7) is 0.637. The minimum atomic E-state index is -0.0968. The van der Waals surface area contributed by atoms with E-state index in [-0.39, 0.29) is 5.78 Å². The first-order valence-electron chi connectivity index (χ1n) is 10.4. The number of nitriles is 1. The van der Waals surface area contributed by atoms with Crippen LogP contribution < -0.4 is 11.1 Å². The van der Waals surface area contributed by atoms with Crippen LogP contribution >= 0.6 is 0 Å². The molecule has 0 atom stereocenters. The van der Waals surface area contributed by atoms with Crippen molar-refractivity contribution in [2.45, 2.75) is 51.4 Å². The highest BCUT2D eigenvalue weighted by Gasteiger charge is 2.30. The zero-order valence-electron chi connectivity index (χ0n) is 16.2. The maximum Gasteiger partial charge on any atom is 0.191 e. The Bertz CT molecular complexity index is 855. The predicted molar refractivity (Wildman–Crippen MR) is 107 cm³/mol. The Kier molecular flexibility index (Phi) is 5.38. The van der Waals surface area contributed by atoms with E-state index in [1.54, 1.807) is 12.2 Å². The van der Waals surface area contributed by atoms with Crippen LogP contribution in [0, 0.1) is 23.2 Å². The van der Waals surface area contributed by atoms with Crippen LogP contribution in [0.3, 0.4) is 0 Å². The van der Waals surface area contributed by atoms with Crippen molar-refractivity contribution in [2.24, 2.45) is 17.6 Å². The summed E-state index contributed by atoms with van der Waals surface area (Å²) in [6, 6.07) is 2.27. The third-order valence-electron chi connectivity index (χ3n) is 5.96. The van der Waals surface area contributed by atoms with E-state index in [9.17, 15) is 10.1 Å². The van der Waals surface area contributed by atoms with Crippen LogP contribution in [0.5, 0.6) is 0 Å². The number of carbonyl (C=O) groups is 1. The lowest BCUT2D eigenvalue weighted by molar-refractivity contribution is -0.111. The van der Waals surface area contributed by atoms with Gasteiger partial charge in [0.1, 0.15) is 17.6 Å². The van der Waals surface area contributed by atoms with E-state index < -0.39 is 0 Å². The quantitative estimate of drug-likeness (QED) is 0.573. The molecule has 0 unspecified atom stereocenters. The zero-order valence-corrected chi connectivity index (χ0v) is 16.2. The molecule has 0 aromatic heterocycles. The molecule has 28 heavy (non-hydrogen) atoms. The summed E-state index contributed by atoms with van der Waals surface area (Å²) < 4.78 is 5.97. The summed E-state index contributed by atoms with van der Waals surface area (Å²) >= 11 is 0. The fourth-order valence-electron chi connectivity index (χ4n) is 4.19. The van der Waals surface area contributed by atoms with Crippen molar-refractivity contribution in [1.82, 2.24) is 5.32 Å². The number of ether oxygens (including phenoxy) is 1. The lowest BCUT2D eigenvalue weighted by atomic mass is 9.84. The van der Waals surface area contributed by atoms with Crippen LogP contribution in [-0.2, 0) is 9.53 Å². The minimum absolute atomic E-state index is 0.0968. The molecule has 1 heterocycles. The summed E-state index contributed by atoms with van der Waals surface area (Å²) in [4.78, 5) is 12.7. The molecular formula is C23H27N3O2. The Hall–Kier alpha value is -2.74. The highest BCUT2D eigenvalue weighted by Crippen LogP contribution is 2.37. The fraction of sp³-hybridized carbons (Fsp3) is 0.478. The largest absolute Gasteiger partial charge is 0.492 e. The fourth-order valence-corrected chi connectivity index (χ4v) is 4.19. The van der Waals surface area contributed by atoms with Gasteiger partial charge in [-0.2, -0.15) is 5.26 Å². The van der Waals surface area contributed by atoms with Gasteiger partial charge in [-0.05, 0) is 61.3 Å². The molecule has 0 amide bonds. The standard InChI is InChI=1S/C23H27N3O2/c24-13-18-17(16-6-3-1-2-4-7-16)12-19(26-23(18)25)22-20(27)8-5-9-21(22)28-14-15-10-11-15/h5,8-9,12,15-16,26H,1-4,6-7,10-11,14,25H2/b22-19-. The molecular weight excluding hydrogens is 350 g/mol. The van der Waals surface area contributed by atoms with Gasteiger partial charge in [-0.3, -0.25) is 4.79 Å². The molecule has 4 rings (SSSR count). The number of nitrogens with one attached hydrogen (secondary N) is 1. The van der Waals surface area contributed by atoms with Crippen molar-refractivity contribution in [3.8, 4) is 6.07 Å². The number of hydrogen-bond donors (Lipinski definition) is 2. The molecule has 5 heteroatoms. The highest BCUT2D eigenvalue weighted by atomic mass is 16.5. The van der Waals surface area contributed by atoms with Gasteiger partial charge in [0.15, 0.2) is 5.78 Å². The van der Waals surface area contributed by atoms with Gasteiger partial charge in [0.2, 0.25) is 0 Å². The topological polar surface area (TPSA) is 88.1 Å². The number of hydrogen-bond acceptors (Lipinski definition) is 5. The summed E-state index contributed by atoms with van der Waals surface area (Å²) in [5.74, 6) is 1.73. The number of dihydropyridines is 1. The van der Waals surface area contributed by atoms with Crippen molar-refractivity contribution in [1.29, 1.82) is 5.26 Å². The zero-order chi connectivity index (χ0) is 19.5. The summed E-state index contributed by atoms with van der Waals surface area (Å²) in [7, 11) is 0. The molecule has 3 N–H and O–H groups in total. The van der Waals surface area contributed by atoms with Gasteiger partial charge in [0.25, 0.3) is 0 Å². The molecule has 0 radical (unpaired) electrons. The Morgan fingerprint density at radius 3 is 2.61 bits per heavy atom. The Balaban J connectivity index is 1.71. The molecule has 0 aromatic rings. The highest BCUT2D eigenvalue weighted by molar-refractivity contribution is 6.09. The van der Waals surface area contributed by atoms with Crippen molar-refractivity contribution in [3.05, 3.63) is 58.3 Å². The van der Waals surface area contributed by atoms with E-state index in [0.29, 0.717) is 46.9 Å². The van der Waals surface area contributed by atoms with E-state index in [2.05, 4.69) is 11.4 Å². The summed E-state index contributed by atoms with van der Waals surface area (Å²) in [6.07, 6.45) is 16.4. The predicted octanol–water partition coefficient (Wildman–Crippen LogP) is 3.88. The first kappa shape index (κ1) is 18.6. The normalized spacial score (nSPS) is 26.2. The lowest BCUT2D eigenvalue weighted by Crippen LogP contribution is -2.29. The van der Waals surface area contributed by atoms with Crippen molar-refractivity contribution < 1.29 is 9.53 Å². The van der Waals surface area contributed by atoms with Crippen LogP contribution in [0.4, 0.5) is 0 Å². The van der Waals surface area contributed by atoms with Crippen LogP contribution in [0.15, 0.2) is 58.3 Å². The number of carbonyl (C=O) groups excluding carboxylic acids is 1. The third-order valence-corrected chi connectivity index (χ3v) is 5.96. The lowest BCUT2D eigenvalue weighted by Gasteiger charge is -2.27. The number of rotatable bonds is 4. The van der Waals surface area contributed by atoms with E-state index in [4.69, 9.17) is 10.5 Å². The first-order chi connectivity index (χ1) is 13.7. The smallest absolute Gasteiger partial charge is 0.191 e. The van der Waals surface area contributed by atoms with Gasteiger partial charge < -0.3 is 15.8 Å². The molecule has 2 fully saturated rings. The van der Waals surface area contributed by atoms with Crippen LogP contribution in [0.25, 0.3) is 0 Å². The molecule has 4 aliphatic rings. The molecule has 0 saturated heterocycles. The molecule has 1 aliphatic heterocycles. The second kappa shape index (κ2) is 8.10. The number of nitrogens with zero attached hydrogens (tertiary/aromatic N) is 1. The van der Waals surface area contributed by atoms with Crippen molar-refractivity contribution >= 4 is 5.78 Å². The van der Waals surface area contributed by atoms with Gasteiger partial charge in [0.05, 0.1) is 23.5 Å². The molecule has 3 aliphatic carbocycles. The Morgan fingerprint density at radius 2 is 1.93 bits per heavy atom. The van der Waals surface area contributed by atoms with Crippen molar-refractivity contribution in [2.75, 3.05) is 6.61 Å². The molecule has 0 spiro atoms. The van der Waals surface area contributed by atoms with Gasteiger partial charge in [-0.15, -0.1) is 0 Å². The van der Waals surface area contributed by atoms with Gasteiger partial charge in [-0.25, -0.2) is 0 Å². The van der Waals surface area contributed by atoms with Gasteiger partial charge in [-0.1, -0.05) is 31.8 Å². The summed E-state index contributed by atoms with van der Waals surface area (Å²) in [5.41, 5.74) is 8.86. The Morgan fingerprint density at radius 1 is 1.18 bits per heavy atom.